The van der Waals surface area contributed by atoms with Gasteiger partial charge in [0.15, 0.2) is 8.32 Å². The molecule has 1 heterocycles. The number of benzene rings is 1. The number of fused-ring (bicyclic) bond motifs is 1. The van der Waals surface area contributed by atoms with E-state index in [1.807, 2.05) is 6.07 Å². The van der Waals surface area contributed by atoms with E-state index in [0.717, 1.165) is 13.0 Å². The van der Waals surface area contributed by atoms with Gasteiger partial charge in [0.2, 0.25) is 0 Å². The summed E-state index contributed by atoms with van der Waals surface area (Å²) in [6.45, 7) is 13.0. The van der Waals surface area contributed by atoms with E-state index in [1.54, 1.807) is 0 Å². The van der Waals surface area contributed by atoms with Crippen LogP contribution in [0.15, 0.2) is 30.3 Å². The van der Waals surface area contributed by atoms with Crippen LogP contribution in [-0.4, -0.2) is 33.2 Å². The Labute approximate surface area is 141 Å². The minimum atomic E-state index is -1.77. The summed E-state index contributed by atoms with van der Waals surface area (Å²) < 4.78 is 18.4. The Kier molecular flexibility index (Phi) is 4.71. The third-order valence-corrected chi connectivity index (χ3v) is 10.1. The van der Waals surface area contributed by atoms with Crippen molar-refractivity contribution in [2.24, 2.45) is 5.92 Å². The summed E-state index contributed by atoms with van der Waals surface area (Å²) in [7, 11) is -1.77. The zero-order chi connectivity index (χ0) is 16.7. The third-order valence-electron chi connectivity index (χ3n) is 5.63. The van der Waals surface area contributed by atoms with Crippen molar-refractivity contribution in [3.05, 3.63) is 35.9 Å². The molecule has 4 heteroatoms. The summed E-state index contributed by atoms with van der Waals surface area (Å²) in [4.78, 5) is 0. The monoisotopic (exact) mass is 334 g/mol. The van der Waals surface area contributed by atoms with Gasteiger partial charge in [-0.2, -0.15) is 0 Å². The van der Waals surface area contributed by atoms with Crippen LogP contribution >= 0.6 is 0 Å². The summed E-state index contributed by atoms with van der Waals surface area (Å²) in [6.07, 6.45) is 2.03. The molecule has 0 bridgehead atoms. The second kappa shape index (κ2) is 6.32. The first-order chi connectivity index (χ1) is 10.8. The van der Waals surface area contributed by atoms with Gasteiger partial charge in [-0.15, -0.1) is 0 Å². The van der Waals surface area contributed by atoms with Gasteiger partial charge in [0.05, 0.1) is 25.4 Å². The highest BCUT2D eigenvalue weighted by molar-refractivity contribution is 6.74. The smallest absolute Gasteiger partial charge is 0.192 e. The minimum Gasteiger partial charge on any atom is -0.411 e. The largest absolute Gasteiger partial charge is 0.411 e. The molecule has 0 radical (unpaired) electrons. The van der Waals surface area contributed by atoms with Gasteiger partial charge in [0, 0.05) is 5.92 Å². The molecule has 4 atom stereocenters. The standard InChI is InChI=1S/C19H30O3Si/c1-19(2,3)23(4,5)22-17-15(11-16-18(17)21-16)13-20-12-14-9-7-6-8-10-14/h6-10,15-18H,11-13H2,1-5H3/t15-,16+,17+,18+/m1/s1. The molecule has 0 unspecified atom stereocenters. The number of ether oxygens (including phenoxy) is 2. The molecule has 0 N–H and O–H groups in total. The Morgan fingerprint density at radius 2 is 1.87 bits per heavy atom. The summed E-state index contributed by atoms with van der Waals surface area (Å²) in [6, 6.07) is 10.4. The topological polar surface area (TPSA) is 31.0 Å². The highest BCUT2D eigenvalue weighted by Gasteiger charge is 2.58. The van der Waals surface area contributed by atoms with Gasteiger partial charge >= 0.3 is 0 Å². The van der Waals surface area contributed by atoms with Crippen LogP contribution in [0, 0.1) is 5.92 Å². The molecule has 128 valence electrons. The molecule has 3 rings (SSSR count). The maximum Gasteiger partial charge on any atom is 0.192 e. The molecule has 2 fully saturated rings. The second-order valence-corrected chi connectivity index (χ2v) is 13.2. The van der Waals surface area contributed by atoms with Crippen molar-refractivity contribution in [2.75, 3.05) is 6.61 Å². The van der Waals surface area contributed by atoms with Crippen molar-refractivity contribution in [3.63, 3.8) is 0 Å². The Morgan fingerprint density at radius 3 is 2.52 bits per heavy atom. The van der Waals surface area contributed by atoms with Crippen LogP contribution in [0.1, 0.15) is 32.8 Å². The molecule has 0 amide bonds. The number of rotatable bonds is 6. The maximum atomic E-state index is 6.67. The van der Waals surface area contributed by atoms with Gasteiger partial charge in [-0.3, -0.25) is 0 Å². The Hall–Kier alpha value is -0.683. The summed E-state index contributed by atoms with van der Waals surface area (Å²) in [5.74, 6) is 0.469. The number of hydrogen-bond donors (Lipinski definition) is 0. The Bertz CT molecular complexity index is 523. The molecule has 0 aromatic heterocycles. The van der Waals surface area contributed by atoms with E-state index >= 15 is 0 Å². The van der Waals surface area contributed by atoms with Crippen LogP contribution in [0.25, 0.3) is 0 Å². The van der Waals surface area contributed by atoms with Crippen LogP contribution in [0.4, 0.5) is 0 Å². The normalized spacial score (nSPS) is 30.3. The lowest BCUT2D eigenvalue weighted by Crippen LogP contribution is -2.47. The van der Waals surface area contributed by atoms with Crippen molar-refractivity contribution >= 4 is 8.32 Å². The molecule has 1 aliphatic carbocycles. The molecule has 1 saturated carbocycles. The van der Waals surface area contributed by atoms with Crippen molar-refractivity contribution in [2.45, 2.75) is 70.2 Å². The third kappa shape index (κ3) is 3.87. The molecule has 3 nitrogen and oxygen atoms in total. The first-order valence-corrected chi connectivity index (χ1v) is 11.6. The zero-order valence-electron chi connectivity index (χ0n) is 15.0. The van der Waals surface area contributed by atoms with Crippen molar-refractivity contribution < 1.29 is 13.9 Å². The predicted molar refractivity (Wildman–Crippen MR) is 94.9 cm³/mol. The first kappa shape index (κ1) is 17.2. The van der Waals surface area contributed by atoms with Crippen LogP contribution in [0.5, 0.6) is 0 Å². The summed E-state index contributed by atoms with van der Waals surface area (Å²) in [5.41, 5.74) is 1.23. The fraction of sp³-hybridized carbons (Fsp3) is 0.684. The summed E-state index contributed by atoms with van der Waals surface area (Å²) in [5, 5.41) is 0.232. The zero-order valence-corrected chi connectivity index (χ0v) is 16.0. The fourth-order valence-corrected chi connectivity index (χ4v) is 4.44. The first-order valence-electron chi connectivity index (χ1n) is 8.73. The maximum absolute atomic E-state index is 6.67. The van der Waals surface area contributed by atoms with Crippen molar-refractivity contribution in [3.8, 4) is 0 Å². The molecular formula is C19H30O3Si. The quantitative estimate of drug-likeness (QED) is 0.571. The van der Waals surface area contributed by atoms with Gasteiger partial charge in [0.25, 0.3) is 0 Å². The van der Waals surface area contributed by atoms with Gasteiger partial charge in [0.1, 0.15) is 6.10 Å². The molecule has 1 saturated heterocycles. The lowest BCUT2D eigenvalue weighted by Gasteiger charge is -2.40. The molecular weight excluding hydrogens is 304 g/mol. The molecule has 1 aliphatic heterocycles. The van der Waals surface area contributed by atoms with Crippen molar-refractivity contribution in [1.29, 1.82) is 0 Å². The van der Waals surface area contributed by atoms with E-state index in [2.05, 4.69) is 58.1 Å². The van der Waals surface area contributed by atoms with Gasteiger partial charge in [-0.05, 0) is 30.1 Å². The van der Waals surface area contributed by atoms with E-state index in [9.17, 15) is 0 Å². The van der Waals surface area contributed by atoms with E-state index < -0.39 is 8.32 Å². The number of hydrogen-bond acceptors (Lipinski definition) is 3. The molecule has 0 spiro atoms. The highest BCUT2D eigenvalue weighted by atomic mass is 28.4. The van der Waals surface area contributed by atoms with Crippen LogP contribution in [-0.2, 0) is 20.5 Å². The van der Waals surface area contributed by atoms with E-state index in [4.69, 9.17) is 13.9 Å². The average Bonchev–Trinajstić information content (AvgIpc) is 3.16. The Balaban J connectivity index is 1.55. The van der Waals surface area contributed by atoms with Crippen LogP contribution < -0.4 is 0 Å². The molecule has 1 aromatic rings. The van der Waals surface area contributed by atoms with Gasteiger partial charge in [-0.1, -0.05) is 51.1 Å². The van der Waals surface area contributed by atoms with Crippen molar-refractivity contribution in [1.82, 2.24) is 0 Å². The van der Waals surface area contributed by atoms with E-state index in [1.165, 1.54) is 5.56 Å². The highest BCUT2D eigenvalue weighted by Crippen LogP contribution is 2.48. The van der Waals surface area contributed by atoms with Crippen LogP contribution in [0.3, 0.4) is 0 Å². The SMILES string of the molecule is CC(C)(C)[Si](C)(C)O[C@H]1[C@@H](COCc2ccccc2)C[C@@H]2O[C@H]12. The second-order valence-electron chi connectivity index (χ2n) is 8.48. The average molecular weight is 335 g/mol. The van der Waals surface area contributed by atoms with Gasteiger partial charge < -0.3 is 13.9 Å². The summed E-state index contributed by atoms with van der Waals surface area (Å²) >= 11 is 0. The molecule has 1 aromatic carbocycles. The molecule has 2 aliphatic rings. The van der Waals surface area contributed by atoms with E-state index in [-0.39, 0.29) is 11.1 Å². The lowest BCUT2D eigenvalue weighted by molar-refractivity contribution is 0.0108. The van der Waals surface area contributed by atoms with E-state index in [0.29, 0.717) is 24.7 Å². The Morgan fingerprint density at radius 1 is 1.17 bits per heavy atom. The minimum absolute atomic E-state index is 0.219. The van der Waals surface area contributed by atoms with Gasteiger partial charge in [-0.25, -0.2) is 0 Å². The predicted octanol–water partition coefficient (Wildman–Crippen LogP) is 4.38. The lowest BCUT2D eigenvalue weighted by atomic mass is 10.1. The number of epoxide rings is 1. The van der Waals surface area contributed by atoms with Crippen LogP contribution in [0.2, 0.25) is 18.1 Å². The fourth-order valence-electron chi connectivity index (χ4n) is 3.08. The molecule has 23 heavy (non-hydrogen) atoms.